The fourth-order valence-corrected chi connectivity index (χ4v) is 4.87. The van der Waals surface area contributed by atoms with Gasteiger partial charge in [0, 0.05) is 18.7 Å². The lowest BCUT2D eigenvalue weighted by atomic mass is 10.00. The molecule has 0 bridgehead atoms. The number of benzene rings is 3. The minimum atomic E-state index is -1.11. The van der Waals surface area contributed by atoms with E-state index in [1.165, 1.54) is 12.1 Å². The average molecular weight is 553 g/mol. The van der Waals surface area contributed by atoms with Crippen molar-refractivity contribution in [3.63, 3.8) is 0 Å². The van der Waals surface area contributed by atoms with Gasteiger partial charge in [0.2, 0.25) is 0 Å². The van der Waals surface area contributed by atoms with Gasteiger partial charge in [-0.3, -0.25) is 0 Å². The molecule has 0 saturated carbocycles. The first-order chi connectivity index (χ1) is 19.4. The predicted molar refractivity (Wildman–Crippen MR) is 147 cm³/mol. The van der Waals surface area contributed by atoms with Crippen molar-refractivity contribution in [2.45, 2.75) is 43.7 Å². The topological polar surface area (TPSA) is 89.1 Å². The largest absolute Gasteiger partial charge is 0.497 e. The molecule has 3 N–H and O–H groups in total. The Morgan fingerprint density at radius 3 is 2.52 bits per heavy atom. The monoisotopic (exact) mass is 552 g/mol. The lowest BCUT2D eigenvalue weighted by molar-refractivity contribution is 0.0667. The lowest BCUT2D eigenvalue weighted by Crippen LogP contribution is -2.49. The number of ether oxygens (including phenoxy) is 3. The van der Waals surface area contributed by atoms with Crippen LogP contribution in [0.5, 0.6) is 5.75 Å². The van der Waals surface area contributed by atoms with Crippen LogP contribution >= 0.6 is 0 Å². The zero-order chi connectivity index (χ0) is 28.5. The molecule has 4 atom stereocenters. The molecule has 1 amide bonds. The van der Waals surface area contributed by atoms with Crippen molar-refractivity contribution in [1.29, 1.82) is 0 Å². The van der Waals surface area contributed by atoms with Crippen LogP contribution in [0.4, 0.5) is 13.6 Å². The number of methoxy groups -OCH3 is 1. The summed E-state index contributed by atoms with van der Waals surface area (Å²) in [5.41, 5.74) is 3.09. The Bertz CT molecular complexity index is 1270. The molecule has 0 aromatic heterocycles. The average Bonchev–Trinajstić information content (AvgIpc) is 3.29. The van der Waals surface area contributed by atoms with E-state index in [4.69, 9.17) is 14.2 Å². The summed E-state index contributed by atoms with van der Waals surface area (Å²) < 4.78 is 44.4. The number of rotatable bonds is 13. The first-order valence-corrected chi connectivity index (χ1v) is 13.1. The van der Waals surface area contributed by atoms with Gasteiger partial charge in [-0.05, 0) is 59.4 Å². The number of alkyl carbamates (subject to hydrolysis) is 1. The fourth-order valence-electron chi connectivity index (χ4n) is 4.87. The molecule has 0 spiro atoms. The molecule has 3 aromatic rings. The SMILES string of the molecule is C=CCO[C@@H]1C[C@H](NCC(O)[C@H](Cc2cc(F)cc(F)c2)NC(=O)OCc2ccccc2)c2cc(OC)ccc21. The molecule has 1 unspecified atom stereocenters. The third kappa shape index (κ3) is 7.88. The third-order valence-electron chi connectivity index (χ3n) is 6.81. The zero-order valence-corrected chi connectivity index (χ0v) is 22.3. The van der Waals surface area contributed by atoms with E-state index in [-0.39, 0.29) is 31.7 Å². The number of fused-ring (bicyclic) bond motifs is 1. The summed E-state index contributed by atoms with van der Waals surface area (Å²) in [4.78, 5) is 12.6. The van der Waals surface area contributed by atoms with Crippen molar-refractivity contribution in [3.8, 4) is 5.75 Å². The van der Waals surface area contributed by atoms with Crippen LogP contribution in [0.25, 0.3) is 0 Å². The van der Waals surface area contributed by atoms with Crippen LogP contribution in [-0.2, 0) is 22.5 Å². The molecule has 0 saturated heterocycles. The van der Waals surface area contributed by atoms with E-state index < -0.39 is 29.9 Å². The summed E-state index contributed by atoms with van der Waals surface area (Å²) in [6.07, 6.45) is 0.269. The maximum atomic E-state index is 13.9. The summed E-state index contributed by atoms with van der Waals surface area (Å²) in [6, 6.07) is 17.0. The predicted octanol–water partition coefficient (Wildman–Crippen LogP) is 5.15. The standard InChI is InChI=1S/C31H34F2N2O5/c1-3-11-39-30-17-27(26-16-24(38-2)9-10-25(26)30)34-18-29(36)28(14-21-12-22(32)15-23(33)13-21)35-31(37)40-19-20-7-5-4-6-8-20/h3-10,12-13,15-16,27-30,34,36H,1,11,14,17-19H2,2H3,(H,35,37)/t27-,28-,29?,30+/m0/s1. The quantitative estimate of drug-likeness (QED) is 0.254. The molecule has 0 fully saturated rings. The van der Waals surface area contributed by atoms with E-state index in [9.17, 15) is 18.7 Å². The number of hydrogen-bond acceptors (Lipinski definition) is 6. The number of aliphatic hydroxyl groups excluding tert-OH is 1. The molecule has 0 heterocycles. The van der Waals surface area contributed by atoms with Crippen molar-refractivity contribution in [3.05, 3.63) is 113 Å². The molecular weight excluding hydrogens is 518 g/mol. The van der Waals surface area contributed by atoms with Gasteiger partial charge in [0.1, 0.15) is 24.0 Å². The summed E-state index contributed by atoms with van der Waals surface area (Å²) in [5, 5.41) is 17.2. The number of aliphatic hydroxyl groups is 1. The number of halogens is 2. The molecule has 1 aliphatic rings. The maximum absolute atomic E-state index is 13.9. The minimum absolute atomic E-state index is 0.0158. The summed E-state index contributed by atoms with van der Waals surface area (Å²) in [7, 11) is 1.59. The Hall–Kier alpha value is -3.79. The number of amides is 1. The van der Waals surface area contributed by atoms with Gasteiger partial charge in [0.15, 0.2) is 0 Å². The molecule has 0 radical (unpaired) electrons. The minimum Gasteiger partial charge on any atom is -0.497 e. The van der Waals surface area contributed by atoms with Crippen molar-refractivity contribution in [1.82, 2.24) is 10.6 Å². The highest BCUT2D eigenvalue weighted by atomic mass is 19.1. The summed E-state index contributed by atoms with van der Waals surface area (Å²) in [6.45, 7) is 4.23. The van der Waals surface area contributed by atoms with Crippen LogP contribution in [0, 0.1) is 11.6 Å². The van der Waals surface area contributed by atoms with Crippen molar-refractivity contribution in [2.75, 3.05) is 20.3 Å². The number of carbonyl (C=O) groups excluding carboxylic acids is 1. The van der Waals surface area contributed by atoms with E-state index in [2.05, 4.69) is 17.2 Å². The van der Waals surface area contributed by atoms with Crippen molar-refractivity contribution < 1.29 is 32.9 Å². The summed E-state index contributed by atoms with van der Waals surface area (Å²) in [5.74, 6) is -0.783. The second-order valence-corrected chi connectivity index (χ2v) is 9.66. The fraction of sp³-hybridized carbons (Fsp3) is 0.323. The summed E-state index contributed by atoms with van der Waals surface area (Å²) >= 11 is 0. The molecule has 0 aliphatic heterocycles. The second kappa shape index (κ2) is 14.0. The van der Waals surface area contributed by atoms with Gasteiger partial charge in [0.05, 0.1) is 32.0 Å². The van der Waals surface area contributed by atoms with E-state index >= 15 is 0 Å². The van der Waals surface area contributed by atoms with Crippen LogP contribution in [0.15, 0.2) is 79.4 Å². The van der Waals surface area contributed by atoms with Crippen LogP contribution < -0.4 is 15.4 Å². The molecule has 4 rings (SSSR count). The second-order valence-electron chi connectivity index (χ2n) is 9.66. The lowest BCUT2D eigenvalue weighted by Gasteiger charge is -2.26. The Balaban J connectivity index is 1.45. The van der Waals surface area contributed by atoms with Gasteiger partial charge in [-0.25, -0.2) is 13.6 Å². The molecule has 40 heavy (non-hydrogen) atoms. The first-order valence-electron chi connectivity index (χ1n) is 13.1. The van der Waals surface area contributed by atoms with Crippen LogP contribution in [0.2, 0.25) is 0 Å². The molecule has 7 nitrogen and oxygen atoms in total. The number of nitrogens with one attached hydrogen (secondary N) is 2. The maximum Gasteiger partial charge on any atom is 0.407 e. The zero-order valence-electron chi connectivity index (χ0n) is 22.3. The molecular formula is C31H34F2N2O5. The highest BCUT2D eigenvalue weighted by Crippen LogP contribution is 2.42. The van der Waals surface area contributed by atoms with Crippen LogP contribution in [0.3, 0.4) is 0 Å². The van der Waals surface area contributed by atoms with Gasteiger partial charge < -0.3 is 30.0 Å². The van der Waals surface area contributed by atoms with Crippen LogP contribution in [-0.4, -0.2) is 43.6 Å². The van der Waals surface area contributed by atoms with Gasteiger partial charge in [-0.1, -0.05) is 42.5 Å². The Kier molecular flexibility index (Phi) is 10.2. The van der Waals surface area contributed by atoms with Gasteiger partial charge in [-0.2, -0.15) is 0 Å². The number of hydrogen-bond donors (Lipinski definition) is 3. The normalized spacial score (nSPS) is 17.5. The Morgan fingerprint density at radius 2 is 1.82 bits per heavy atom. The van der Waals surface area contributed by atoms with E-state index in [0.717, 1.165) is 22.8 Å². The highest BCUT2D eigenvalue weighted by molar-refractivity contribution is 5.67. The molecule has 1 aliphatic carbocycles. The first kappa shape index (κ1) is 29.2. The molecule has 212 valence electrons. The smallest absolute Gasteiger partial charge is 0.407 e. The third-order valence-corrected chi connectivity index (χ3v) is 6.81. The Morgan fingerprint density at radius 1 is 1.07 bits per heavy atom. The van der Waals surface area contributed by atoms with E-state index in [0.29, 0.717) is 24.3 Å². The molecule has 3 aromatic carbocycles. The van der Waals surface area contributed by atoms with Gasteiger partial charge in [0.25, 0.3) is 0 Å². The van der Waals surface area contributed by atoms with Crippen molar-refractivity contribution >= 4 is 6.09 Å². The van der Waals surface area contributed by atoms with Gasteiger partial charge in [-0.15, -0.1) is 6.58 Å². The Labute approximate surface area is 232 Å². The highest BCUT2D eigenvalue weighted by Gasteiger charge is 2.33. The number of carbonyl (C=O) groups is 1. The van der Waals surface area contributed by atoms with Crippen LogP contribution in [0.1, 0.15) is 40.8 Å². The molecule has 9 heteroatoms. The van der Waals surface area contributed by atoms with E-state index in [1.807, 2.05) is 48.5 Å². The van der Waals surface area contributed by atoms with E-state index in [1.54, 1.807) is 13.2 Å². The van der Waals surface area contributed by atoms with Crippen molar-refractivity contribution in [2.24, 2.45) is 0 Å². The van der Waals surface area contributed by atoms with Gasteiger partial charge >= 0.3 is 6.09 Å².